The molecule has 3 heteroatoms. The molecule has 0 aromatic heterocycles. The first-order chi connectivity index (χ1) is 4.20. The molecule has 0 heterocycles. The summed E-state index contributed by atoms with van der Waals surface area (Å²) in [4.78, 5) is 0. The van der Waals surface area contributed by atoms with Crippen LogP contribution >= 0.6 is 27.5 Å². The fraction of sp³-hybridized carbons (Fsp3) is 0.143. The van der Waals surface area contributed by atoms with Crippen LogP contribution in [0.1, 0.15) is 8.42 Å². The van der Waals surface area contributed by atoms with Crippen molar-refractivity contribution >= 4 is 50.6 Å². The molecule has 0 saturated carbocycles. The summed E-state index contributed by atoms with van der Waals surface area (Å²) in [5, 5.41) is 0.810. The zero-order valence-corrected chi connectivity index (χ0v) is 9.45. The van der Waals surface area contributed by atoms with Crippen LogP contribution in [0.15, 0.2) is 22.7 Å². The molecule has 0 fully saturated rings. The van der Waals surface area contributed by atoms with Crippen molar-refractivity contribution in [2.75, 3.05) is 0 Å². The largest absolute Gasteiger partial charge is 2.00 e. The summed E-state index contributed by atoms with van der Waals surface area (Å²) < 4.78 is 1.03. The van der Waals surface area contributed by atoms with Crippen molar-refractivity contribution < 1.29 is 2.85 Å². The topological polar surface area (TPSA) is 0 Å². The summed E-state index contributed by atoms with van der Waals surface area (Å²) in [6.07, 6.45) is 0. The normalized spacial score (nSPS) is 8.70. The van der Waals surface area contributed by atoms with Crippen LogP contribution in [-0.4, -0.2) is 23.1 Å². The van der Waals surface area contributed by atoms with E-state index < -0.39 is 0 Å². The second-order valence-electron chi connectivity index (χ2n) is 1.89. The zero-order valence-electron chi connectivity index (χ0n) is 7.70. The summed E-state index contributed by atoms with van der Waals surface area (Å²) in [5.74, 6) is 0. The van der Waals surface area contributed by atoms with Gasteiger partial charge < -0.3 is 2.85 Å². The maximum atomic E-state index is 5.78. The van der Waals surface area contributed by atoms with E-state index in [0.29, 0.717) is 0 Å². The molecular weight excluding hydrogens is 224 g/mol. The predicted molar refractivity (Wildman–Crippen MR) is 51.9 cm³/mol. The van der Waals surface area contributed by atoms with E-state index in [4.69, 9.17) is 11.6 Å². The van der Waals surface area contributed by atoms with Crippen molar-refractivity contribution in [3.63, 3.8) is 0 Å². The maximum Gasteiger partial charge on any atom is 2.00 e. The van der Waals surface area contributed by atoms with Crippen molar-refractivity contribution in [1.82, 2.24) is 0 Å². The van der Waals surface area contributed by atoms with E-state index in [0.717, 1.165) is 15.1 Å². The number of benzene rings is 1. The van der Waals surface area contributed by atoms with E-state index in [2.05, 4.69) is 15.9 Å². The molecule has 1 aromatic carbocycles. The number of hydrogen-bond acceptors (Lipinski definition) is 0. The minimum Gasteiger partial charge on any atom is -1.00 e. The van der Waals surface area contributed by atoms with Gasteiger partial charge in [-0.25, -0.2) is 0 Å². The molecule has 0 nitrogen and oxygen atoms in total. The number of rotatable bonds is 0. The van der Waals surface area contributed by atoms with Gasteiger partial charge in [0.25, 0.3) is 0 Å². The Bertz CT molecular complexity index is 233. The van der Waals surface area contributed by atoms with E-state index >= 15 is 0 Å². The first-order valence-corrected chi connectivity index (χ1v) is 3.79. The Balaban J connectivity index is -0.000000270. The number of halogens is 2. The average molecular weight is 232 g/mol. The van der Waals surface area contributed by atoms with Gasteiger partial charge in [0.1, 0.15) is 0 Å². The molecule has 0 unspecified atom stereocenters. The van der Waals surface area contributed by atoms with E-state index in [-0.39, 0.29) is 25.9 Å². The Morgan fingerprint density at radius 3 is 2.50 bits per heavy atom. The zero-order chi connectivity index (χ0) is 6.85. The molecule has 0 radical (unpaired) electrons. The van der Waals surface area contributed by atoms with Crippen LogP contribution in [0.3, 0.4) is 0 Å². The first-order valence-electron chi connectivity index (χ1n) is 2.62. The van der Waals surface area contributed by atoms with Gasteiger partial charge in [0, 0.05) is 9.50 Å². The molecule has 0 saturated heterocycles. The molecule has 0 aliphatic rings. The average Bonchev–Trinajstić information content (AvgIpc) is 1.80. The van der Waals surface area contributed by atoms with Gasteiger partial charge in [-0.1, -0.05) is 33.6 Å². The van der Waals surface area contributed by atoms with Gasteiger partial charge in [-0.2, -0.15) is 0 Å². The molecule has 0 aliphatic heterocycles. The first kappa shape index (κ1) is 10.8. The Hall–Kier alpha value is 0.756. The Labute approximate surface area is 93.2 Å². The third kappa shape index (κ3) is 2.78. The minimum absolute atomic E-state index is 0. The molecule has 10 heavy (non-hydrogen) atoms. The fourth-order valence-electron chi connectivity index (χ4n) is 0.567. The molecule has 0 atom stereocenters. The van der Waals surface area contributed by atoms with Crippen molar-refractivity contribution in [3.05, 3.63) is 33.3 Å². The van der Waals surface area contributed by atoms with Crippen molar-refractivity contribution in [3.8, 4) is 0 Å². The van der Waals surface area contributed by atoms with Crippen molar-refractivity contribution in [2.24, 2.45) is 0 Å². The van der Waals surface area contributed by atoms with Gasteiger partial charge in [-0.3, -0.25) is 0 Å². The maximum absolute atomic E-state index is 5.78. The van der Waals surface area contributed by atoms with Crippen molar-refractivity contribution in [1.29, 1.82) is 0 Å². The smallest absolute Gasteiger partial charge is 1.00 e. The van der Waals surface area contributed by atoms with E-state index in [9.17, 15) is 0 Å². The standard InChI is InChI=1S/C7H6BrCl.Mg.2H/c1-5-2-3-6(8)4-7(5)9;;;/h2-4H,1H3;;;/q;+2;2*-1. The van der Waals surface area contributed by atoms with Gasteiger partial charge in [0.15, 0.2) is 0 Å². The van der Waals surface area contributed by atoms with Crippen LogP contribution in [0.4, 0.5) is 0 Å². The molecule has 0 N–H and O–H groups in total. The van der Waals surface area contributed by atoms with Gasteiger partial charge in [0.2, 0.25) is 0 Å². The molecule has 1 aromatic rings. The van der Waals surface area contributed by atoms with E-state index in [1.165, 1.54) is 0 Å². The van der Waals surface area contributed by atoms with E-state index in [1.807, 2.05) is 25.1 Å². The predicted octanol–water partition coefficient (Wildman–Crippen LogP) is 3.26. The van der Waals surface area contributed by atoms with Gasteiger partial charge >= 0.3 is 23.1 Å². The van der Waals surface area contributed by atoms with Crippen LogP contribution in [-0.2, 0) is 0 Å². The Morgan fingerprint density at radius 1 is 1.50 bits per heavy atom. The number of aryl methyl sites for hydroxylation is 1. The number of hydrogen-bond donors (Lipinski definition) is 0. The monoisotopic (exact) mass is 230 g/mol. The summed E-state index contributed by atoms with van der Waals surface area (Å²) >= 11 is 9.10. The summed E-state index contributed by atoms with van der Waals surface area (Å²) in [6, 6.07) is 5.84. The molecule has 52 valence electrons. The third-order valence-electron chi connectivity index (χ3n) is 1.13. The summed E-state index contributed by atoms with van der Waals surface area (Å²) in [7, 11) is 0. The van der Waals surface area contributed by atoms with Gasteiger partial charge in [-0.05, 0) is 24.6 Å². The Morgan fingerprint density at radius 2 is 2.10 bits per heavy atom. The van der Waals surface area contributed by atoms with Crippen LogP contribution in [0.2, 0.25) is 5.02 Å². The Kier molecular flexibility index (Phi) is 4.94. The molecule has 0 aliphatic carbocycles. The van der Waals surface area contributed by atoms with Crippen molar-refractivity contribution in [2.45, 2.75) is 6.92 Å². The molecule has 0 bridgehead atoms. The molecular formula is C7H8BrClMg. The molecule has 0 spiro atoms. The van der Waals surface area contributed by atoms with E-state index in [1.54, 1.807) is 0 Å². The van der Waals surface area contributed by atoms with Crippen LogP contribution < -0.4 is 0 Å². The van der Waals surface area contributed by atoms with Gasteiger partial charge in [0.05, 0.1) is 0 Å². The quantitative estimate of drug-likeness (QED) is 0.602. The van der Waals surface area contributed by atoms with Crippen LogP contribution in [0.5, 0.6) is 0 Å². The molecule has 0 amide bonds. The molecule has 1 rings (SSSR count). The summed E-state index contributed by atoms with van der Waals surface area (Å²) in [5.41, 5.74) is 1.11. The second-order valence-corrected chi connectivity index (χ2v) is 3.22. The van der Waals surface area contributed by atoms with Crippen LogP contribution in [0, 0.1) is 6.92 Å². The third-order valence-corrected chi connectivity index (χ3v) is 2.03. The SMILES string of the molecule is Cc1ccc(Br)cc1Cl.[H-].[H-].[Mg+2]. The fourth-order valence-corrected chi connectivity index (χ4v) is 1.24. The summed E-state index contributed by atoms with van der Waals surface area (Å²) in [6.45, 7) is 1.98. The van der Waals surface area contributed by atoms with Gasteiger partial charge in [-0.15, -0.1) is 0 Å². The van der Waals surface area contributed by atoms with Crippen LogP contribution in [0.25, 0.3) is 0 Å². The minimum atomic E-state index is 0. The second kappa shape index (κ2) is 4.60.